The van der Waals surface area contributed by atoms with Gasteiger partial charge in [-0.3, -0.25) is 0 Å². The Morgan fingerprint density at radius 1 is 1.16 bits per heavy atom. The number of hydrogen-bond acceptors (Lipinski definition) is 2. The van der Waals surface area contributed by atoms with E-state index in [1.165, 1.54) is 23.3 Å². The maximum Gasteiger partial charge on any atom is 0.113 e. The first-order valence-electron chi connectivity index (χ1n) is 11.9. The number of allylic oxidation sites excluding steroid dienone is 5. The third-order valence-electron chi connectivity index (χ3n) is 4.88. The van der Waals surface area contributed by atoms with E-state index < -0.39 is 0 Å². The zero-order valence-corrected chi connectivity index (χ0v) is 21.6. The van der Waals surface area contributed by atoms with Gasteiger partial charge in [0.1, 0.15) is 5.84 Å². The molecule has 3 heteroatoms. The van der Waals surface area contributed by atoms with Gasteiger partial charge in [0.25, 0.3) is 0 Å². The summed E-state index contributed by atoms with van der Waals surface area (Å²) in [5.41, 5.74) is 4.12. The Morgan fingerprint density at radius 3 is 2.35 bits per heavy atom. The lowest BCUT2D eigenvalue weighted by Gasteiger charge is -2.23. The Labute approximate surface area is 193 Å². The van der Waals surface area contributed by atoms with Crippen molar-refractivity contribution in [3.05, 3.63) is 72.8 Å². The quantitative estimate of drug-likeness (QED) is 0.160. The van der Waals surface area contributed by atoms with Crippen molar-refractivity contribution in [1.82, 2.24) is 10.6 Å². The highest BCUT2D eigenvalue weighted by Crippen LogP contribution is 2.22. The van der Waals surface area contributed by atoms with Crippen LogP contribution in [-0.4, -0.2) is 12.4 Å². The van der Waals surface area contributed by atoms with Gasteiger partial charge in [0.2, 0.25) is 0 Å². The molecule has 0 heterocycles. The van der Waals surface area contributed by atoms with Crippen LogP contribution in [0.5, 0.6) is 0 Å². The number of rotatable bonds is 10. The summed E-state index contributed by atoms with van der Waals surface area (Å²) in [4.78, 5) is 4.65. The molecule has 0 aromatic carbocycles. The average Bonchev–Trinajstić information content (AvgIpc) is 2.81. The number of nitrogens with one attached hydrogen (secondary N) is 2. The van der Waals surface area contributed by atoms with Gasteiger partial charge in [0, 0.05) is 24.4 Å². The first kappa shape index (κ1) is 30.9. The van der Waals surface area contributed by atoms with Crippen LogP contribution in [0.4, 0.5) is 0 Å². The average molecular weight is 428 g/mol. The monoisotopic (exact) mass is 427 g/mol. The Kier molecular flexibility index (Phi) is 20.9. The molecule has 0 spiro atoms. The van der Waals surface area contributed by atoms with Gasteiger partial charge in [-0.1, -0.05) is 70.6 Å². The normalized spacial score (nSPS) is 15.5. The second-order valence-electron chi connectivity index (χ2n) is 7.29. The summed E-state index contributed by atoms with van der Waals surface area (Å²) in [6.07, 6.45) is 19.3. The molecule has 1 aliphatic rings. The lowest BCUT2D eigenvalue weighted by Crippen LogP contribution is -2.31. The molecule has 0 bridgehead atoms. The molecule has 0 aromatic heterocycles. The number of nitrogens with zero attached hydrogens (tertiary/aromatic N) is 1. The Hall–Kier alpha value is -2.29. The summed E-state index contributed by atoms with van der Waals surface area (Å²) in [6.45, 7) is 23.9. The SMILES string of the molecule is C/C=C(/C)C(C(=N/C=C/C)N/C=C/CCNC1=CCCC=C1CC)C(C)C.C=C.CC. The van der Waals surface area contributed by atoms with E-state index >= 15 is 0 Å². The van der Waals surface area contributed by atoms with E-state index in [9.17, 15) is 0 Å². The highest BCUT2D eigenvalue weighted by Gasteiger charge is 2.20. The van der Waals surface area contributed by atoms with Crippen LogP contribution >= 0.6 is 0 Å². The molecule has 0 saturated heterocycles. The van der Waals surface area contributed by atoms with E-state index in [1.807, 2.05) is 39.2 Å². The van der Waals surface area contributed by atoms with Gasteiger partial charge in [-0.05, 0) is 64.1 Å². The van der Waals surface area contributed by atoms with Crippen LogP contribution in [0, 0.1) is 11.8 Å². The van der Waals surface area contributed by atoms with Crippen molar-refractivity contribution in [2.45, 2.75) is 81.1 Å². The van der Waals surface area contributed by atoms with E-state index in [4.69, 9.17) is 0 Å². The van der Waals surface area contributed by atoms with Crippen molar-refractivity contribution in [3.63, 3.8) is 0 Å². The number of aliphatic imine (C=N–C) groups is 1. The van der Waals surface area contributed by atoms with Gasteiger partial charge >= 0.3 is 0 Å². The van der Waals surface area contributed by atoms with Gasteiger partial charge in [-0.25, -0.2) is 4.99 Å². The fourth-order valence-corrected chi connectivity index (χ4v) is 3.36. The van der Waals surface area contributed by atoms with Crippen molar-refractivity contribution in [2.24, 2.45) is 16.8 Å². The molecule has 0 amide bonds. The zero-order chi connectivity index (χ0) is 24.1. The van der Waals surface area contributed by atoms with E-state index in [0.717, 1.165) is 31.6 Å². The van der Waals surface area contributed by atoms with Gasteiger partial charge < -0.3 is 10.6 Å². The molecule has 0 radical (unpaired) electrons. The molecular formula is C28H49N3. The van der Waals surface area contributed by atoms with E-state index in [0.29, 0.717) is 11.8 Å². The highest BCUT2D eigenvalue weighted by molar-refractivity contribution is 5.88. The molecule has 2 N–H and O–H groups in total. The van der Waals surface area contributed by atoms with Crippen molar-refractivity contribution >= 4 is 5.84 Å². The molecule has 1 unspecified atom stereocenters. The minimum atomic E-state index is 0.304. The second-order valence-corrected chi connectivity index (χ2v) is 7.29. The molecule has 0 aliphatic heterocycles. The third kappa shape index (κ3) is 12.9. The first-order valence-corrected chi connectivity index (χ1v) is 11.9. The molecule has 3 nitrogen and oxygen atoms in total. The van der Waals surface area contributed by atoms with Gasteiger partial charge in [0.15, 0.2) is 0 Å². The Balaban J connectivity index is 0. The Morgan fingerprint density at radius 2 is 1.81 bits per heavy atom. The summed E-state index contributed by atoms with van der Waals surface area (Å²) in [5, 5.41) is 7.01. The maximum absolute atomic E-state index is 4.65. The predicted octanol–water partition coefficient (Wildman–Crippen LogP) is 8.08. The topological polar surface area (TPSA) is 36.4 Å². The number of amidine groups is 1. The van der Waals surface area contributed by atoms with Crippen LogP contribution in [0.1, 0.15) is 81.1 Å². The lowest BCUT2D eigenvalue weighted by molar-refractivity contribution is 0.544. The van der Waals surface area contributed by atoms with Gasteiger partial charge in [-0.2, -0.15) is 0 Å². The van der Waals surface area contributed by atoms with E-state index in [2.05, 4.69) is 87.7 Å². The third-order valence-corrected chi connectivity index (χ3v) is 4.88. The standard InChI is InChI=1S/C24H39N3.C2H6.C2H4/c1-7-16-26-24(23(19(4)5)20(6)8-2)27-18-13-12-17-25-22-15-11-10-14-21(22)9-3;2*1-2/h7-8,13-16,18-19,23,25H,9-12,17H2,1-6H3,(H,26,27);1-2H3;1-2H2/b16-7+,18-13+,20-8-;;. The van der Waals surface area contributed by atoms with Crippen LogP contribution in [0.2, 0.25) is 0 Å². The minimum absolute atomic E-state index is 0.304. The molecule has 1 aliphatic carbocycles. The van der Waals surface area contributed by atoms with Gasteiger partial charge in [-0.15, -0.1) is 13.2 Å². The van der Waals surface area contributed by atoms with Crippen molar-refractivity contribution in [2.75, 3.05) is 6.54 Å². The summed E-state index contributed by atoms with van der Waals surface area (Å²) < 4.78 is 0. The molecule has 0 aromatic rings. The molecule has 176 valence electrons. The van der Waals surface area contributed by atoms with Crippen molar-refractivity contribution in [1.29, 1.82) is 0 Å². The fourth-order valence-electron chi connectivity index (χ4n) is 3.36. The minimum Gasteiger partial charge on any atom is -0.385 e. The largest absolute Gasteiger partial charge is 0.385 e. The molecule has 1 rings (SSSR count). The smallest absolute Gasteiger partial charge is 0.113 e. The molecule has 0 saturated carbocycles. The molecular weight excluding hydrogens is 378 g/mol. The first-order chi connectivity index (χ1) is 15.0. The molecule has 31 heavy (non-hydrogen) atoms. The van der Waals surface area contributed by atoms with E-state index in [-0.39, 0.29) is 0 Å². The van der Waals surface area contributed by atoms with Crippen LogP contribution in [0.3, 0.4) is 0 Å². The lowest BCUT2D eigenvalue weighted by atomic mass is 9.87. The fraction of sp³-hybridized carbons (Fsp3) is 0.536. The molecule has 0 fully saturated rings. The predicted molar refractivity (Wildman–Crippen MR) is 143 cm³/mol. The van der Waals surface area contributed by atoms with Crippen LogP contribution in [0.25, 0.3) is 0 Å². The summed E-state index contributed by atoms with van der Waals surface area (Å²) >= 11 is 0. The van der Waals surface area contributed by atoms with Crippen LogP contribution in [0.15, 0.2) is 77.8 Å². The zero-order valence-electron chi connectivity index (χ0n) is 21.6. The van der Waals surface area contributed by atoms with Crippen molar-refractivity contribution < 1.29 is 0 Å². The maximum atomic E-state index is 4.65. The second kappa shape index (κ2) is 21.0. The summed E-state index contributed by atoms with van der Waals surface area (Å²) in [7, 11) is 0. The van der Waals surface area contributed by atoms with Gasteiger partial charge in [0.05, 0.1) is 0 Å². The Bertz CT molecular complexity index is 631. The number of hydrogen-bond donors (Lipinski definition) is 2. The summed E-state index contributed by atoms with van der Waals surface area (Å²) in [5.74, 6) is 1.80. The van der Waals surface area contributed by atoms with E-state index in [1.54, 1.807) is 0 Å². The summed E-state index contributed by atoms with van der Waals surface area (Å²) in [6, 6.07) is 0. The van der Waals surface area contributed by atoms with Crippen molar-refractivity contribution in [3.8, 4) is 0 Å². The van der Waals surface area contributed by atoms with Crippen LogP contribution < -0.4 is 10.6 Å². The van der Waals surface area contributed by atoms with Crippen LogP contribution in [-0.2, 0) is 0 Å². The highest BCUT2D eigenvalue weighted by atomic mass is 15.0. The molecule has 1 atom stereocenters.